The van der Waals surface area contributed by atoms with Crippen LogP contribution >= 0.6 is 11.3 Å². The van der Waals surface area contributed by atoms with E-state index in [1.165, 1.54) is 43.4 Å². The lowest BCUT2D eigenvalue weighted by molar-refractivity contribution is 0.00866. The number of hydrogen-bond donors (Lipinski definition) is 1. The van der Waals surface area contributed by atoms with Crippen molar-refractivity contribution in [2.45, 2.75) is 38.0 Å². The van der Waals surface area contributed by atoms with Crippen LogP contribution in [0.3, 0.4) is 0 Å². The van der Waals surface area contributed by atoms with Gasteiger partial charge in [-0.1, -0.05) is 6.42 Å². The fraction of sp³-hybridized carbons (Fsp3) is 0.583. The van der Waals surface area contributed by atoms with Gasteiger partial charge in [0, 0.05) is 0 Å². The Hall–Kier alpha value is -0.830. The average Bonchev–Trinajstić information content (AvgIpc) is 2.47. The molecular formula is C12H14O2S. The van der Waals surface area contributed by atoms with E-state index in [9.17, 15) is 4.79 Å². The first-order valence-corrected chi connectivity index (χ1v) is 6.39. The molecule has 2 fully saturated rings. The average molecular weight is 222 g/mol. The summed E-state index contributed by atoms with van der Waals surface area (Å²) < 4.78 is 0. The topological polar surface area (TPSA) is 37.3 Å². The van der Waals surface area contributed by atoms with E-state index in [1.54, 1.807) is 0 Å². The van der Waals surface area contributed by atoms with Gasteiger partial charge in [0.15, 0.2) is 0 Å². The SMILES string of the molecule is O=C(O)c1sccc1C1CC2(CCC2)C1. The number of thiophene rings is 1. The van der Waals surface area contributed by atoms with Gasteiger partial charge in [-0.25, -0.2) is 4.79 Å². The number of carboxylic acids is 1. The van der Waals surface area contributed by atoms with Gasteiger partial charge in [-0.05, 0) is 54.0 Å². The minimum atomic E-state index is -0.755. The molecule has 3 rings (SSSR count). The third-order valence-electron chi connectivity index (χ3n) is 4.10. The molecule has 0 aromatic carbocycles. The number of aromatic carboxylic acids is 1. The van der Waals surface area contributed by atoms with Crippen LogP contribution in [0.25, 0.3) is 0 Å². The Balaban J connectivity index is 1.77. The first-order chi connectivity index (χ1) is 7.20. The van der Waals surface area contributed by atoms with Gasteiger partial charge in [-0.3, -0.25) is 0 Å². The fourth-order valence-corrected chi connectivity index (χ4v) is 3.93. The van der Waals surface area contributed by atoms with Crippen molar-refractivity contribution < 1.29 is 9.90 Å². The molecule has 1 heterocycles. The van der Waals surface area contributed by atoms with Crippen LogP contribution in [0.15, 0.2) is 11.4 Å². The van der Waals surface area contributed by atoms with Crippen molar-refractivity contribution in [3.8, 4) is 0 Å². The van der Waals surface area contributed by atoms with Crippen molar-refractivity contribution in [1.82, 2.24) is 0 Å². The van der Waals surface area contributed by atoms with Crippen molar-refractivity contribution in [2.75, 3.05) is 0 Å². The second kappa shape index (κ2) is 3.08. The van der Waals surface area contributed by atoms with Crippen molar-refractivity contribution >= 4 is 17.3 Å². The third-order valence-corrected chi connectivity index (χ3v) is 5.02. The third kappa shape index (κ3) is 1.33. The first kappa shape index (κ1) is 9.40. The summed E-state index contributed by atoms with van der Waals surface area (Å²) >= 11 is 1.36. The Morgan fingerprint density at radius 1 is 1.47 bits per heavy atom. The highest BCUT2D eigenvalue weighted by molar-refractivity contribution is 7.12. The van der Waals surface area contributed by atoms with Gasteiger partial charge >= 0.3 is 5.97 Å². The summed E-state index contributed by atoms with van der Waals surface area (Å²) in [5.74, 6) is -0.225. The largest absolute Gasteiger partial charge is 0.477 e. The lowest BCUT2D eigenvalue weighted by Crippen LogP contribution is -2.41. The molecular weight excluding hydrogens is 208 g/mol. The number of carboxylic acid groups (broad SMARTS) is 1. The van der Waals surface area contributed by atoms with Gasteiger partial charge in [0.2, 0.25) is 0 Å². The van der Waals surface area contributed by atoms with Gasteiger partial charge in [0.05, 0.1) is 0 Å². The van der Waals surface area contributed by atoms with Gasteiger partial charge in [0.1, 0.15) is 4.88 Å². The van der Waals surface area contributed by atoms with Crippen molar-refractivity contribution in [2.24, 2.45) is 5.41 Å². The zero-order chi connectivity index (χ0) is 10.5. The molecule has 0 aliphatic heterocycles. The molecule has 1 aromatic rings. The lowest BCUT2D eigenvalue weighted by Gasteiger charge is -2.54. The van der Waals surface area contributed by atoms with Crippen LogP contribution in [0.5, 0.6) is 0 Å². The van der Waals surface area contributed by atoms with Crippen molar-refractivity contribution in [1.29, 1.82) is 0 Å². The van der Waals surface area contributed by atoms with Crippen LogP contribution in [-0.2, 0) is 0 Å². The maximum Gasteiger partial charge on any atom is 0.346 e. The van der Waals surface area contributed by atoms with E-state index in [0.29, 0.717) is 16.2 Å². The van der Waals surface area contributed by atoms with E-state index in [-0.39, 0.29) is 0 Å². The molecule has 2 saturated carbocycles. The highest BCUT2D eigenvalue weighted by Crippen LogP contribution is 2.62. The van der Waals surface area contributed by atoms with Gasteiger partial charge in [-0.15, -0.1) is 11.3 Å². The number of carbonyl (C=O) groups is 1. The van der Waals surface area contributed by atoms with Crippen LogP contribution in [0.4, 0.5) is 0 Å². The smallest absolute Gasteiger partial charge is 0.346 e. The Bertz CT molecular complexity index is 396. The molecule has 2 nitrogen and oxygen atoms in total. The maximum absolute atomic E-state index is 11.0. The molecule has 1 spiro atoms. The van der Waals surface area contributed by atoms with Crippen LogP contribution in [0, 0.1) is 5.41 Å². The minimum Gasteiger partial charge on any atom is -0.477 e. The molecule has 2 aliphatic carbocycles. The summed E-state index contributed by atoms with van der Waals surface area (Å²) in [5, 5.41) is 10.9. The molecule has 1 aromatic heterocycles. The van der Waals surface area contributed by atoms with Crippen LogP contribution in [-0.4, -0.2) is 11.1 Å². The van der Waals surface area contributed by atoms with E-state index < -0.39 is 5.97 Å². The molecule has 0 atom stereocenters. The zero-order valence-electron chi connectivity index (χ0n) is 8.53. The fourth-order valence-electron chi connectivity index (χ4n) is 3.10. The highest BCUT2D eigenvalue weighted by atomic mass is 32.1. The standard InChI is InChI=1S/C12H14O2S/c13-11(14)10-9(2-5-15-10)8-6-12(7-8)3-1-4-12/h2,5,8H,1,3-4,6-7H2,(H,13,14). The van der Waals surface area contributed by atoms with Gasteiger partial charge < -0.3 is 5.11 Å². The van der Waals surface area contributed by atoms with E-state index in [4.69, 9.17) is 5.11 Å². The van der Waals surface area contributed by atoms with Crippen molar-refractivity contribution in [3.63, 3.8) is 0 Å². The summed E-state index contributed by atoms with van der Waals surface area (Å²) in [5.41, 5.74) is 1.72. The van der Waals surface area contributed by atoms with Gasteiger partial charge in [-0.2, -0.15) is 0 Å². The van der Waals surface area contributed by atoms with E-state index >= 15 is 0 Å². The van der Waals surface area contributed by atoms with Crippen molar-refractivity contribution in [3.05, 3.63) is 21.9 Å². The predicted octanol–water partition coefficient (Wildman–Crippen LogP) is 3.49. The maximum atomic E-state index is 11.0. The molecule has 0 unspecified atom stereocenters. The summed E-state index contributed by atoms with van der Waals surface area (Å²) in [6.45, 7) is 0. The summed E-state index contributed by atoms with van der Waals surface area (Å²) in [7, 11) is 0. The summed E-state index contributed by atoms with van der Waals surface area (Å²) in [6, 6.07) is 2.00. The van der Waals surface area contributed by atoms with Crippen LogP contribution in [0.2, 0.25) is 0 Å². The molecule has 3 heteroatoms. The van der Waals surface area contributed by atoms with Crippen LogP contribution in [0.1, 0.15) is 53.3 Å². The second-order valence-electron chi connectivity index (χ2n) is 4.97. The summed E-state index contributed by atoms with van der Waals surface area (Å²) in [6.07, 6.45) is 6.57. The quantitative estimate of drug-likeness (QED) is 0.831. The minimum absolute atomic E-state index is 0.530. The highest BCUT2D eigenvalue weighted by Gasteiger charge is 2.49. The molecule has 80 valence electrons. The zero-order valence-corrected chi connectivity index (χ0v) is 9.35. The van der Waals surface area contributed by atoms with E-state index in [2.05, 4.69) is 0 Å². The molecule has 2 aliphatic rings. The normalized spacial score (nSPS) is 23.5. The van der Waals surface area contributed by atoms with Crippen LogP contribution < -0.4 is 0 Å². The lowest BCUT2D eigenvalue weighted by atomic mass is 9.51. The Labute approximate surface area is 92.9 Å². The van der Waals surface area contributed by atoms with Gasteiger partial charge in [0.25, 0.3) is 0 Å². The molecule has 0 radical (unpaired) electrons. The molecule has 0 bridgehead atoms. The molecule has 15 heavy (non-hydrogen) atoms. The number of hydrogen-bond acceptors (Lipinski definition) is 2. The molecule has 0 saturated heterocycles. The predicted molar refractivity (Wildman–Crippen MR) is 59.5 cm³/mol. The summed E-state index contributed by atoms with van der Waals surface area (Å²) in [4.78, 5) is 11.5. The monoisotopic (exact) mass is 222 g/mol. The number of rotatable bonds is 2. The first-order valence-electron chi connectivity index (χ1n) is 5.51. The molecule has 0 amide bonds. The Kier molecular flexibility index (Phi) is 1.93. The Morgan fingerprint density at radius 3 is 2.73 bits per heavy atom. The Morgan fingerprint density at radius 2 is 2.20 bits per heavy atom. The second-order valence-corrected chi connectivity index (χ2v) is 5.89. The van der Waals surface area contributed by atoms with E-state index in [0.717, 1.165) is 5.56 Å². The van der Waals surface area contributed by atoms with E-state index in [1.807, 2.05) is 11.4 Å². The molecule has 1 N–H and O–H groups in total.